The molecule has 0 amide bonds. The van der Waals surface area contributed by atoms with Crippen LogP contribution in [0.4, 0.5) is 0 Å². The molecule has 9 heteroatoms. The summed E-state index contributed by atoms with van der Waals surface area (Å²) in [5, 5.41) is 27.2. The lowest BCUT2D eigenvalue weighted by Gasteiger charge is -2.34. The highest BCUT2D eigenvalue weighted by atomic mass is 31.2. The number of aliphatic hydroxyl groups excluding tert-OH is 3. The highest BCUT2D eigenvalue weighted by Gasteiger charge is 2.41. The van der Waals surface area contributed by atoms with Gasteiger partial charge in [-0.2, -0.15) is 0 Å². The monoisotopic (exact) mass is 230 g/mol. The van der Waals surface area contributed by atoms with Crippen LogP contribution in [0.3, 0.4) is 0 Å². The summed E-state index contributed by atoms with van der Waals surface area (Å²) in [7, 11) is -4.80. The topological polar surface area (TPSA) is 137 Å². The van der Waals surface area contributed by atoms with Gasteiger partial charge in [0.25, 0.3) is 0 Å². The van der Waals surface area contributed by atoms with E-state index < -0.39 is 32.4 Å². The molecule has 0 aromatic heterocycles. The first-order chi connectivity index (χ1) is 6.31. The third kappa shape index (κ3) is 2.97. The average Bonchev–Trinajstić information content (AvgIpc) is 2.04. The minimum Gasteiger partial charge on any atom is -0.388 e. The predicted molar refractivity (Wildman–Crippen MR) is 40.9 cm³/mol. The molecule has 1 saturated heterocycles. The van der Waals surface area contributed by atoms with Crippen molar-refractivity contribution in [3.05, 3.63) is 0 Å². The van der Waals surface area contributed by atoms with Gasteiger partial charge in [0.1, 0.15) is 18.3 Å². The maximum absolute atomic E-state index is 10.4. The summed E-state index contributed by atoms with van der Waals surface area (Å²) < 4.78 is 19.0. The first-order valence-electron chi connectivity index (χ1n) is 3.71. The molecule has 1 unspecified atom stereocenters. The Labute approximate surface area is 78.9 Å². The van der Waals surface area contributed by atoms with Crippen molar-refractivity contribution in [1.82, 2.24) is 0 Å². The molecule has 1 rings (SSSR count). The van der Waals surface area contributed by atoms with E-state index in [-0.39, 0.29) is 6.61 Å². The molecule has 5 N–H and O–H groups in total. The molecule has 0 aliphatic carbocycles. The van der Waals surface area contributed by atoms with Gasteiger partial charge in [0.15, 0.2) is 6.29 Å². The third-order valence-electron chi connectivity index (χ3n) is 1.70. The van der Waals surface area contributed by atoms with Gasteiger partial charge in [-0.3, -0.25) is 4.52 Å². The summed E-state index contributed by atoms with van der Waals surface area (Å²) in [4.78, 5) is 16.8. The zero-order chi connectivity index (χ0) is 10.9. The van der Waals surface area contributed by atoms with Crippen LogP contribution in [0.5, 0.6) is 0 Å². The normalized spacial score (nSPS) is 39.8. The Kier molecular flexibility index (Phi) is 3.62. The van der Waals surface area contributed by atoms with Gasteiger partial charge in [-0.05, 0) is 0 Å². The van der Waals surface area contributed by atoms with E-state index in [0.717, 1.165) is 0 Å². The summed E-state index contributed by atoms with van der Waals surface area (Å²) in [6.07, 6.45) is -6.21. The minimum atomic E-state index is -4.80. The van der Waals surface area contributed by atoms with Gasteiger partial charge < -0.3 is 29.8 Å². The Bertz CT molecular complexity index is 238. The number of ether oxygens (including phenoxy) is 1. The largest absolute Gasteiger partial charge is 0.472 e. The van der Waals surface area contributed by atoms with Crippen molar-refractivity contribution >= 4 is 7.82 Å². The van der Waals surface area contributed by atoms with Crippen LogP contribution in [0.25, 0.3) is 0 Å². The summed E-state index contributed by atoms with van der Waals surface area (Å²) in [5.74, 6) is 0. The van der Waals surface area contributed by atoms with Crippen molar-refractivity contribution in [2.24, 2.45) is 0 Å². The second-order valence-corrected chi connectivity index (χ2v) is 4.04. The van der Waals surface area contributed by atoms with Crippen LogP contribution in [0.15, 0.2) is 0 Å². The van der Waals surface area contributed by atoms with Crippen LogP contribution in [0, 0.1) is 0 Å². The molecule has 4 atom stereocenters. The summed E-state index contributed by atoms with van der Waals surface area (Å²) in [5.41, 5.74) is 0. The summed E-state index contributed by atoms with van der Waals surface area (Å²) >= 11 is 0. The van der Waals surface area contributed by atoms with Gasteiger partial charge in [0, 0.05) is 0 Å². The van der Waals surface area contributed by atoms with Crippen molar-refractivity contribution in [2.45, 2.75) is 24.6 Å². The maximum atomic E-state index is 10.4. The molecule has 0 aromatic carbocycles. The molecular formula is C5H11O8P. The lowest BCUT2D eigenvalue weighted by molar-refractivity contribution is -0.245. The first-order valence-corrected chi connectivity index (χ1v) is 5.24. The summed E-state index contributed by atoms with van der Waals surface area (Å²) in [6.45, 7) is -0.372. The average molecular weight is 230 g/mol. The quantitative estimate of drug-likeness (QED) is 0.329. The molecule has 1 heterocycles. The zero-order valence-electron chi connectivity index (χ0n) is 6.92. The van der Waals surface area contributed by atoms with Crippen LogP contribution >= 0.6 is 7.82 Å². The van der Waals surface area contributed by atoms with Gasteiger partial charge in [-0.15, -0.1) is 0 Å². The number of rotatable bonds is 2. The van der Waals surface area contributed by atoms with E-state index >= 15 is 0 Å². The van der Waals surface area contributed by atoms with Gasteiger partial charge in [0.05, 0.1) is 6.61 Å². The Balaban J connectivity index is 2.60. The Morgan fingerprint density at radius 3 is 2.29 bits per heavy atom. The fourth-order valence-corrected chi connectivity index (χ4v) is 1.46. The van der Waals surface area contributed by atoms with Crippen LogP contribution in [-0.2, 0) is 13.8 Å². The molecule has 8 nitrogen and oxygen atoms in total. The molecule has 84 valence electrons. The third-order valence-corrected chi connectivity index (χ3v) is 2.18. The van der Waals surface area contributed by atoms with Crippen molar-refractivity contribution in [2.75, 3.05) is 6.61 Å². The highest BCUT2D eigenvalue weighted by molar-refractivity contribution is 7.46. The molecule has 0 bridgehead atoms. The Hall–Kier alpha value is -0.0500. The number of hydrogen-bond donors (Lipinski definition) is 5. The second-order valence-electron chi connectivity index (χ2n) is 2.85. The molecule has 1 fully saturated rings. The van der Waals surface area contributed by atoms with Crippen molar-refractivity contribution < 1.29 is 38.9 Å². The standard InChI is InChI=1S/C5H11O8P/c6-2-1-12-5(4(8)3(2)7)13-14(9,10)11/h2-8H,1H2,(H2,9,10,11)/t2-,3-,4-,5?/m1/s1. The Morgan fingerprint density at radius 2 is 1.79 bits per heavy atom. The molecule has 14 heavy (non-hydrogen) atoms. The Morgan fingerprint density at radius 1 is 1.21 bits per heavy atom. The number of hydrogen-bond acceptors (Lipinski definition) is 6. The van der Waals surface area contributed by atoms with Gasteiger partial charge >= 0.3 is 7.82 Å². The van der Waals surface area contributed by atoms with Gasteiger partial charge in [-0.25, -0.2) is 4.57 Å². The molecule has 0 spiro atoms. The lowest BCUT2D eigenvalue weighted by atomic mass is 10.1. The minimum absolute atomic E-state index is 0.372. The number of phosphoric ester groups is 1. The second kappa shape index (κ2) is 4.21. The van der Waals surface area contributed by atoms with Crippen LogP contribution in [-0.4, -0.2) is 56.3 Å². The van der Waals surface area contributed by atoms with Crippen molar-refractivity contribution in [3.63, 3.8) is 0 Å². The molecule has 1 aliphatic rings. The molecular weight excluding hydrogens is 219 g/mol. The first kappa shape index (κ1) is 12.0. The van der Waals surface area contributed by atoms with E-state index in [1.54, 1.807) is 0 Å². The van der Waals surface area contributed by atoms with Crippen molar-refractivity contribution in [1.29, 1.82) is 0 Å². The fraction of sp³-hybridized carbons (Fsp3) is 1.00. The SMILES string of the molecule is O=P(O)(O)OC1OC[C@@H](O)[C@@H](O)[C@H]1O. The van der Waals surface area contributed by atoms with Crippen LogP contribution in [0.1, 0.15) is 0 Å². The lowest BCUT2D eigenvalue weighted by Crippen LogP contribution is -2.53. The van der Waals surface area contributed by atoms with E-state index in [2.05, 4.69) is 9.26 Å². The molecule has 0 radical (unpaired) electrons. The smallest absolute Gasteiger partial charge is 0.388 e. The van der Waals surface area contributed by atoms with E-state index in [9.17, 15) is 4.57 Å². The van der Waals surface area contributed by atoms with Crippen molar-refractivity contribution in [3.8, 4) is 0 Å². The van der Waals surface area contributed by atoms with E-state index in [1.165, 1.54) is 0 Å². The molecule has 1 aliphatic heterocycles. The van der Waals surface area contributed by atoms with Crippen LogP contribution < -0.4 is 0 Å². The maximum Gasteiger partial charge on any atom is 0.472 e. The van der Waals surface area contributed by atoms with E-state index in [0.29, 0.717) is 0 Å². The van der Waals surface area contributed by atoms with Crippen LogP contribution in [0.2, 0.25) is 0 Å². The van der Waals surface area contributed by atoms with E-state index in [1.807, 2.05) is 0 Å². The fourth-order valence-electron chi connectivity index (χ4n) is 1.01. The zero-order valence-corrected chi connectivity index (χ0v) is 7.82. The summed E-state index contributed by atoms with van der Waals surface area (Å²) in [6, 6.07) is 0. The van der Waals surface area contributed by atoms with Gasteiger partial charge in [0.2, 0.25) is 0 Å². The predicted octanol–water partition coefficient (Wildman–Crippen LogP) is -2.47. The molecule has 0 saturated carbocycles. The van der Waals surface area contributed by atoms with Gasteiger partial charge in [-0.1, -0.05) is 0 Å². The highest BCUT2D eigenvalue weighted by Crippen LogP contribution is 2.39. The van der Waals surface area contributed by atoms with E-state index in [4.69, 9.17) is 25.1 Å². The molecule has 0 aromatic rings. The number of phosphoric acid groups is 1. The number of aliphatic hydroxyl groups is 3.